The Morgan fingerprint density at radius 3 is 2.47 bits per heavy atom. The van der Waals surface area contributed by atoms with E-state index >= 15 is 0 Å². The lowest BCUT2D eigenvalue weighted by molar-refractivity contribution is 0.0432. The van der Waals surface area contributed by atoms with E-state index in [0.717, 1.165) is 22.6 Å². The number of nitrogens with zero attached hydrogens (tertiary/aromatic N) is 2. The maximum absolute atomic E-state index is 12.7. The van der Waals surface area contributed by atoms with Crippen molar-refractivity contribution < 1.29 is 28.1 Å². The Hall–Kier alpha value is -4.07. The summed E-state index contributed by atoms with van der Waals surface area (Å²) in [4.78, 5) is 12.7. The van der Waals surface area contributed by atoms with Crippen molar-refractivity contribution in [2.75, 3.05) is 7.11 Å². The van der Waals surface area contributed by atoms with Gasteiger partial charge in [0.15, 0.2) is 12.4 Å². The summed E-state index contributed by atoms with van der Waals surface area (Å²) in [5, 5.41) is 7.95. The SMILES string of the molecule is COc1ccc(-c2cc(COC(=O)c3ccccc3OCc3c(C)noc3C)on2)cc1. The molecule has 4 rings (SSSR count). The van der Waals surface area contributed by atoms with Crippen LogP contribution in [0.4, 0.5) is 0 Å². The zero-order valence-electron chi connectivity index (χ0n) is 18.0. The lowest BCUT2D eigenvalue weighted by Crippen LogP contribution is -2.08. The van der Waals surface area contributed by atoms with Crippen LogP contribution in [-0.4, -0.2) is 23.4 Å². The minimum Gasteiger partial charge on any atom is -0.497 e. The van der Waals surface area contributed by atoms with Crippen LogP contribution in [0.3, 0.4) is 0 Å². The molecule has 0 aliphatic heterocycles. The van der Waals surface area contributed by atoms with Gasteiger partial charge >= 0.3 is 5.97 Å². The standard InChI is InChI=1S/C24H22N2O6/c1-15-21(16(2)31-25-15)14-29-23-7-5-4-6-20(23)24(27)30-13-19-12-22(26-32-19)17-8-10-18(28-3)11-9-17/h4-12H,13-14H2,1-3H3. The molecule has 0 saturated carbocycles. The first-order valence-electron chi connectivity index (χ1n) is 9.96. The quantitative estimate of drug-likeness (QED) is 0.362. The van der Waals surface area contributed by atoms with E-state index in [1.54, 1.807) is 37.4 Å². The van der Waals surface area contributed by atoms with E-state index in [1.165, 1.54) is 0 Å². The summed E-state index contributed by atoms with van der Waals surface area (Å²) in [5.41, 5.74) is 3.42. The number of methoxy groups -OCH3 is 1. The number of ether oxygens (including phenoxy) is 3. The molecule has 0 fully saturated rings. The van der Waals surface area contributed by atoms with Crippen molar-refractivity contribution in [3.8, 4) is 22.8 Å². The van der Waals surface area contributed by atoms with Gasteiger partial charge in [-0.25, -0.2) is 4.79 Å². The second kappa shape index (κ2) is 9.38. The first kappa shape index (κ1) is 21.2. The lowest BCUT2D eigenvalue weighted by atomic mass is 10.1. The number of esters is 1. The molecule has 0 atom stereocenters. The molecule has 164 valence electrons. The van der Waals surface area contributed by atoms with E-state index in [2.05, 4.69) is 10.3 Å². The van der Waals surface area contributed by atoms with Gasteiger partial charge < -0.3 is 23.3 Å². The van der Waals surface area contributed by atoms with Gasteiger partial charge in [0.05, 0.1) is 18.4 Å². The fourth-order valence-electron chi connectivity index (χ4n) is 3.11. The minimum atomic E-state index is -0.526. The van der Waals surface area contributed by atoms with Crippen LogP contribution in [-0.2, 0) is 18.0 Å². The maximum atomic E-state index is 12.7. The molecule has 2 heterocycles. The number of para-hydroxylation sites is 1. The van der Waals surface area contributed by atoms with E-state index in [4.69, 9.17) is 23.3 Å². The van der Waals surface area contributed by atoms with Gasteiger partial charge in [0.1, 0.15) is 35.1 Å². The molecule has 0 unspecified atom stereocenters. The van der Waals surface area contributed by atoms with Crippen LogP contribution < -0.4 is 9.47 Å². The summed E-state index contributed by atoms with van der Waals surface area (Å²) in [6.45, 7) is 3.84. The fraction of sp³-hybridized carbons (Fsp3) is 0.208. The molecule has 2 aromatic carbocycles. The van der Waals surface area contributed by atoms with E-state index in [1.807, 2.05) is 38.1 Å². The summed E-state index contributed by atoms with van der Waals surface area (Å²) in [6.07, 6.45) is 0. The van der Waals surface area contributed by atoms with Crippen LogP contribution in [0.25, 0.3) is 11.3 Å². The zero-order valence-corrected chi connectivity index (χ0v) is 18.0. The molecule has 0 aliphatic rings. The van der Waals surface area contributed by atoms with Crippen LogP contribution in [0.15, 0.2) is 63.6 Å². The largest absolute Gasteiger partial charge is 0.497 e. The number of carbonyl (C=O) groups excluding carboxylic acids is 1. The molecule has 2 aromatic heterocycles. The Kier molecular flexibility index (Phi) is 6.21. The highest BCUT2D eigenvalue weighted by molar-refractivity contribution is 5.92. The van der Waals surface area contributed by atoms with Crippen molar-refractivity contribution >= 4 is 5.97 Å². The third-order valence-corrected chi connectivity index (χ3v) is 4.95. The van der Waals surface area contributed by atoms with Crippen molar-refractivity contribution in [1.82, 2.24) is 10.3 Å². The van der Waals surface area contributed by atoms with Gasteiger partial charge in [-0.2, -0.15) is 0 Å². The molecule has 0 amide bonds. The highest BCUT2D eigenvalue weighted by Crippen LogP contribution is 2.24. The molecule has 0 aliphatic carbocycles. The Bertz CT molecular complexity index is 1190. The van der Waals surface area contributed by atoms with E-state index in [0.29, 0.717) is 28.5 Å². The fourth-order valence-corrected chi connectivity index (χ4v) is 3.11. The summed E-state index contributed by atoms with van der Waals surface area (Å²) in [6, 6.07) is 16.0. The van der Waals surface area contributed by atoms with Crippen LogP contribution in [0.2, 0.25) is 0 Å². The summed E-state index contributed by atoms with van der Waals surface area (Å²) in [5.74, 6) is 1.75. The molecule has 4 aromatic rings. The van der Waals surface area contributed by atoms with Gasteiger partial charge in [-0.3, -0.25) is 0 Å². The molecule has 0 bridgehead atoms. The van der Waals surface area contributed by atoms with Crippen molar-refractivity contribution in [1.29, 1.82) is 0 Å². The number of aromatic nitrogens is 2. The molecule has 8 nitrogen and oxygen atoms in total. The smallest absolute Gasteiger partial charge is 0.342 e. The molecule has 0 saturated heterocycles. The Labute approximate surface area is 184 Å². The highest BCUT2D eigenvalue weighted by Gasteiger charge is 2.17. The maximum Gasteiger partial charge on any atom is 0.342 e. The molecule has 0 N–H and O–H groups in total. The first-order chi connectivity index (χ1) is 15.5. The van der Waals surface area contributed by atoms with Gasteiger partial charge in [-0.15, -0.1) is 0 Å². The van der Waals surface area contributed by atoms with Gasteiger partial charge in [-0.1, -0.05) is 22.4 Å². The summed E-state index contributed by atoms with van der Waals surface area (Å²) in [7, 11) is 1.61. The number of hydrogen-bond acceptors (Lipinski definition) is 8. The molecular weight excluding hydrogens is 412 g/mol. The number of hydrogen-bond donors (Lipinski definition) is 0. The second-order valence-electron chi connectivity index (χ2n) is 7.07. The number of aryl methyl sites for hydroxylation is 2. The van der Waals surface area contributed by atoms with E-state index in [-0.39, 0.29) is 13.2 Å². The molecule has 0 spiro atoms. The number of benzene rings is 2. The van der Waals surface area contributed by atoms with Crippen molar-refractivity contribution in [3.05, 3.63) is 82.9 Å². The number of rotatable bonds is 8. The monoisotopic (exact) mass is 434 g/mol. The summed E-state index contributed by atoms with van der Waals surface area (Å²) >= 11 is 0. The Balaban J connectivity index is 1.40. The lowest BCUT2D eigenvalue weighted by Gasteiger charge is -2.10. The average molecular weight is 434 g/mol. The topological polar surface area (TPSA) is 96.8 Å². The van der Waals surface area contributed by atoms with Crippen LogP contribution in [0, 0.1) is 13.8 Å². The van der Waals surface area contributed by atoms with Gasteiger partial charge in [0.2, 0.25) is 0 Å². The van der Waals surface area contributed by atoms with Crippen LogP contribution in [0.1, 0.15) is 33.1 Å². The van der Waals surface area contributed by atoms with Crippen LogP contribution >= 0.6 is 0 Å². The predicted molar refractivity (Wildman–Crippen MR) is 114 cm³/mol. The highest BCUT2D eigenvalue weighted by atomic mass is 16.6. The number of carbonyl (C=O) groups is 1. The van der Waals surface area contributed by atoms with E-state index in [9.17, 15) is 4.79 Å². The second-order valence-corrected chi connectivity index (χ2v) is 7.07. The predicted octanol–water partition coefficient (Wildman–Crippen LogP) is 4.89. The van der Waals surface area contributed by atoms with Gasteiger partial charge in [0.25, 0.3) is 0 Å². The first-order valence-corrected chi connectivity index (χ1v) is 9.96. The average Bonchev–Trinajstić information content (AvgIpc) is 3.43. The molecule has 0 radical (unpaired) electrons. The molecular formula is C24H22N2O6. The van der Waals surface area contributed by atoms with Gasteiger partial charge in [0, 0.05) is 11.6 Å². The van der Waals surface area contributed by atoms with Crippen molar-refractivity contribution in [2.24, 2.45) is 0 Å². The Morgan fingerprint density at radius 2 is 1.75 bits per heavy atom. The molecule has 8 heteroatoms. The van der Waals surface area contributed by atoms with Crippen molar-refractivity contribution in [3.63, 3.8) is 0 Å². The summed E-state index contributed by atoms with van der Waals surface area (Å²) < 4.78 is 26.9. The normalized spacial score (nSPS) is 10.7. The van der Waals surface area contributed by atoms with Gasteiger partial charge in [-0.05, 0) is 50.2 Å². The third-order valence-electron chi connectivity index (χ3n) is 4.95. The van der Waals surface area contributed by atoms with E-state index < -0.39 is 5.97 Å². The van der Waals surface area contributed by atoms with Crippen LogP contribution in [0.5, 0.6) is 11.5 Å². The Morgan fingerprint density at radius 1 is 0.969 bits per heavy atom. The zero-order chi connectivity index (χ0) is 22.5. The third kappa shape index (κ3) is 4.64. The molecule has 32 heavy (non-hydrogen) atoms. The van der Waals surface area contributed by atoms with Crippen molar-refractivity contribution in [2.45, 2.75) is 27.1 Å². The minimum absolute atomic E-state index is 0.0554.